The first kappa shape index (κ1) is 29.2. The summed E-state index contributed by atoms with van der Waals surface area (Å²) in [6, 6.07) is -0.579. The van der Waals surface area contributed by atoms with Gasteiger partial charge in [0.05, 0.1) is 0 Å². The Morgan fingerprint density at radius 2 is 0.971 bits per heavy atom. The highest BCUT2D eigenvalue weighted by molar-refractivity contribution is 5.68. The molecule has 14 heteroatoms. The van der Waals surface area contributed by atoms with Gasteiger partial charge in [-0.3, -0.25) is 0 Å². The van der Waals surface area contributed by atoms with Crippen LogP contribution in [0.3, 0.4) is 0 Å². The van der Waals surface area contributed by atoms with Crippen molar-refractivity contribution in [3.63, 3.8) is 0 Å². The van der Waals surface area contributed by atoms with E-state index in [1.54, 1.807) is 0 Å². The second-order valence-corrected chi connectivity index (χ2v) is 9.24. The maximum atomic E-state index is 12.8. The highest BCUT2D eigenvalue weighted by Gasteiger charge is 2.43. The van der Waals surface area contributed by atoms with Crippen molar-refractivity contribution < 1.29 is 54.2 Å². The van der Waals surface area contributed by atoms with Crippen LogP contribution in [0.15, 0.2) is 0 Å². The lowest BCUT2D eigenvalue weighted by atomic mass is 9.76. The van der Waals surface area contributed by atoms with E-state index in [4.69, 9.17) is 0 Å². The van der Waals surface area contributed by atoms with E-state index in [0.29, 0.717) is 37.5 Å². The lowest BCUT2D eigenvalue weighted by Crippen LogP contribution is -2.42. The number of hydrogen-bond donors (Lipinski definition) is 2. The second kappa shape index (κ2) is 12.8. The summed E-state index contributed by atoms with van der Waals surface area (Å²) >= 11 is 0. The van der Waals surface area contributed by atoms with Gasteiger partial charge in [0.25, 0.3) is 0 Å². The zero-order valence-corrected chi connectivity index (χ0v) is 18.9. The topological polar surface area (TPSA) is 76.7 Å². The van der Waals surface area contributed by atoms with Crippen molar-refractivity contribution in [1.29, 1.82) is 0 Å². The van der Waals surface area contributed by atoms with Crippen LogP contribution in [0.5, 0.6) is 0 Å². The minimum absolute atomic E-state index is 0.290. The van der Waals surface area contributed by atoms with Crippen LogP contribution >= 0.6 is 0 Å². The Morgan fingerprint density at radius 3 is 1.26 bits per heavy atom. The van der Waals surface area contributed by atoms with Crippen molar-refractivity contribution in [2.75, 3.05) is 13.2 Å². The molecule has 2 rings (SSSR count). The molecule has 0 aromatic rings. The number of nitrogens with one attached hydrogen (secondary N) is 2. The van der Waals surface area contributed by atoms with Crippen molar-refractivity contribution in [3.05, 3.63) is 0 Å². The van der Waals surface area contributed by atoms with Gasteiger partial charge in [0, 0.05) is 12.1 Å². The summed E-state index contributed by atoms with van der Waals surface area (Å²) in [7, 11) is 0. The van der Waals surface area contributed by atoms with Gasteiger partial charge in [0.15, 0.2) is 13.2 Å². The predicted octanol–water partition coefficient (Wildman–Crippen LogP) is 5.75. The smallest absolute Gasteiger partial charge is 0.407 e. The normalized spacial score (nSPS) is 25.9. The maximum Gasteiger partial charge on any atom is 0.407 e. The van der Waals surface area contributed by atoms with Gasteiger partial charge < -0.3 is 20.1 Å². The fourth-order valence-corrected chi connectivity index (χ4v) is 4.42. The lowest BCUT2D eigenvalue weighted by molar-refractivity contribution is -0.154. The van der Waals surface area contributed by atoms with E-state index in [9.17, 15) is 44.7 Å². The molecule has 0 aromatic carbocycles. The Hall–Kier alpha value is -2.02. The number of alkyl carbamates (subject to hydrolysis) is 2. The zero-order valence-electron chi connectivity index (χ0n) is 18.9. The Balaban J connectivity index is 1.60. The van der Waals surface area contributed by atoms with Crippen LogP contribution in [0.4, 0.5) is 44.7 Å². The molecule has 0 bridgehead atoms. The van der Waals surface area contributed by atoms with Crippen LogP contribution in [0.2, 0.25) is 0 Å². The third-order valence-electron chi connectivity index (χ3n) is 6.43. The first-order chi connectivity index (χ1) is 16.3. The van der Waals surface area contributed by atoms with Crippen LogP contribution in [0.25, 0.3) is 0 Å². The van der Waals surface area contributed by atoms with Gasteiger partial charge in [-0.15, -0.1) is 0 Å². The standard InChI is InChI=1S/C21H30F8N2O4/c22-16(23)20(26,27)10-34-18(32)30-14-5-1-12(2-6-14)9-13-3-7-15(8-4-13)31-19(33)35-11-21(28,29)17(24)25/h12-17H,1-11H2,(H,30,32)(H,31,33). The largest absolute Gasteiger partial charge is 0.443 e. The van der Waals surface area contributed by atoms with E-state index in [1.165, 1.54) is 0 Å². The summed E-state index contributed by atoms with van der Waals surface area (Å²) in [6.07, 6.45) is -3.75. The van der Waals surface area contributed by atoms with Gasteiger partial charge >= 0.3 is 36.9 Å². The van der Waals surface area contributed by atoms with Crippen LogP contribution in [0.1, 0.15) is 57.8 Å². The molecule has 0 heterocycles. The molecule has 35 heavy (non-hydrogen) atoms. The molecule has 204 valence electrons. The van der Waals surface area contributed by atoms with E-state index in [-0.39, 0.29) is 12.1 Å². The van der Waals surface area contributed by atoms with Crippen LogP contribution in [0, 0.1) is 11.8 Å². The van der Waals surface area contributed by atoms with Gasteiger partial charge in [0.1, 0.15) is 0 Å². The zero-order chi connectivity index (χ0) is 26.2. The molecule has 2 aliphatic rings. The van der Waals surface area contributed by atoms with Crippen molar-refractivity contribution in [2.45, 2.75) is 94.6 Å². The molecule has 0 atom stereocenters. The van der Waals surface area contributed by atoms with Gasteiger partial charge in [-0.25, -0.2) is 27.2 Å². The van der Waals surface area contributed by atoms with Crippen molar-refractivity contribution in [2.24, 2.45) is 11.8 Å². The van der Waals surface area contributed by atoms with E-state index in [1.807, 2.05) is 0 Å². The minimum atomic E-state index is -4.40. The summed E-state index contributed by atoms with van der Waals surface area (Å²) in [6.45, 7) is -3.38. The SMILES string of the molecule is O=C(NC1CCC(CC2CCC(NC(=O)OCC(F)(F)C(F)F)CC2)CC1)OCC(F)(F)C(F)F. The fraction of sp³-hybridized carbons (Fsp3) is 0.905. The Bertz CT molecular complexity index is 626. The number of carbonyl (C=O) groups excluding carboxylic acids is 2. The molecule has 0 aromatic heterocycles. The predicted molar refractivity (Wildman–Crippen MR) is 107 cm³/mol. The van der Waals surface area contributed by atoms with Gasteiger partial charge in [-0.1, -0.05) is 0 Å². The average Bonchev–Trinajstić information content (AvgIpc) is 2.79. The molecule has 0 radical (unpaired) electrons. The molecule has 2 fully saturated rings. The molecule has 2 amide bonds. The van der Waals surface area contributed by atoms with Gasteiger partial charge in [-0.2, -0.15) is 17.6 Å². The molecule has 0 aliphatic heterocycles. The summed E-state index contributed by atoms with van der Waals surface area (Å²) < 4.78 is 108. The monoisotopic (exact) mass is 526 g/mol. The molecular formula is C21H30F8N2O4. The molecular weight excluding hydrogens is 496 g/mol. The number of hydrogen-bond acceptors (Lipinski definition) is 4. The minimum Gasteiger partial charge on any atom is -0.443 e. The molecule has 2 N–H and O–H groups in total. The molecule has 0 saturated heterocycles. The molecule has 0 spiro atoms. The summed E-state index contributed by atoms with van der Waals surface area (Å²) in [5.41, 5.74) is 0. The van der Waals surface area contributed by atoms with Crippen molar-refractivity contribution in [3.8, 4) is 0 Å². The van der Waals surface area contributed by atoms with E-state index >= 15 is 0 Å². The van der Waals surface area contributed by atoms with Crippen LogP contribution in [-0.2, 0) is 9.47 Å². The summed E-state index contributed by atoms with van der Waals surface area (Å²) in [5.74, 6) is -8.04. The Kier molecular flexibility index (Phi) is 10.7. The number of rotatable bonds is 10. The Labute approximate surface area is 197 Å². The third-order valence-corrected chi connectivity index (χ3v) is 6.43. The van der Waals surface area contributed by atoms with Crippen LogP contribution < -0.4 is 10.6 Å². The van der Waals surface area contributed by atoms with Crippen molar-refractivity contribution in [1.82, 2.24) is 10.6 Å². The fourth-order valence-electron chi connectivity index (χ4n) is 4.42. The maximum absolute atomic E-state index is 12.8. The Morgan fingerprint density at radius 1 is 0.657 bits per heavy atom. The second-order valence-electron chi connectivity index (χ2n) is 9.24. The number of halogens is 8. The average molecular weight is 526 g/mol. The molecule has 2 aliphatic carbocycles. The number of alkyl halides is 8. The molecule has 0 unspecified atom stereocenters. The van der Waals surface area contributed by atoms with Crippen molar-refractivity contribution >= 4 is 12.2 Å². The number of carbonyl (C=O) groups is 2. The summed E-state index contributed by atoms with van der Waals surface area (Å²) in [5, 5.41) is 4.85. The molecule has 2 saturated carbocycles. The van der Waals surface area contributed by atoms with Crippen LogP contribution in [-0.4, -0.2) is 62.2 Å². The lowest BCUT2D eigenvalue weighted by Gasteiger charge is -2.34. The number of ether oxygens (including phenoxy) is 2. The quantitative estimate of drug-likeness (QED) is 0.356. The third kappa shape index (κ3) is 9.86. The number of amides is 2. The summed E-state index contributed by atoms with van der Waals surface area (Å²) in [4.78, 5) is 23.2. The van der Waals surface area contributed by atoms with E-state index < -0.39 is 50.1 Å². The first-order valence-electron chi connectivity index (χ1n) is 11.5. The van der Waals surface area contributed by atoms with Gasteiger partial charge in [0.2, 0.25) is 0 Å². The van der Waals surface area contributed by atoms with Gasteiger partial charge in [-0.05, 0) is 69.6 Å². The van der Waals surface area contributed by atoms with E-state index in [0.717, 1.165) is 32.1 Å². The van der Waals surface area contributed by atoms with E-state index in [2.05, 4.69) is 20.1 Å². The molecule has 6 nitrogen and oxygen atoms in total. The highest BCUT2D eigenvalue weighted by Crippen LogP contribution is 2.35. The first-order valence-corrected chi connectivity index (χ1v) is 11.5. The highest BCUT2D eigenvalue weighted by atomic mass is 19.3.